The minimum absolute atomic E-state index is 0.0578. The first-order valence-corrected chi connectivity index (χ1v) is 14.7. The van der Waals surface area contributed by atoms with Crippen LogP contribution in [0.2, 0.25) is 0 Å². The Kier molecular flexibility index (Phi) is 7.64. The highest BCUT2D eigenvalue weighted by molar-refractivity contribution is 5.98. The Labute approximate surface area is 249 Å². The molecule has 1 N–H and O–H groups in total. The number of fused-ring (bicyclic) bond motifs is 2. The fraction of sp³-hybridized carbons (Fsp3) is 0.324. The molecule has 1 amide bonds. The number of aryl methyl sites for hydroxylation is 1. The first-order valence-electron chi connectivity index (χ1n) is 14.7. The molecule has 2 aromatic heterocycles. The van der Waals surface area contributed by atoms with Crippen LogP contribution in [0.4, 0.5) is 4.39 Å². The maximum absolute atomic E-state index is 13.7. The van der Waals surface area contributed by atoms with Crippen molar-refractivity contribution in [1.82, 2.24) is 24.8 Å². The van der Waals surface area contributed by atoms with E-state index in [-0.39, 0.29) is 23.6 Å². The highest BCUT2D eigenvalue weighted by atomic mass is 19.1. The van der Waals surface area contributed by atoms with Gasteiger partial charge in [-0.05, 0) is 94.6 Å². The smallest absolute Gasteiger partial charge is 0.306 e. The van der Waals surface area contributed by atoms with Crippen molar-refractivity contribution in [2.24, 2.45) is 0 Å². The van der Waals surface area contributed by atoms with Crippen LogP contribution in [0.15, 0.2) is 66.7 Å². The van der Waals surface area contributed by atoms with E-state index in [2.05, 4.69) is 9.97 Å². The van der Waals surface area contributed by atoms with Gasteiger partial charge < -0.3 is 14.6 Å². The summed E-state index contributed by atoms with van der Waals surface area (Å²) in [4.78, 5) is 45.2. The highest BCUT2D eigenvalue weighted by Crippen LogP contribution is 2.30. The van der Waals surface area contributed by atoms with E-state index in [0.29, 0.717) is 61.1 Å². The molecule has 5 aromatic rings. The molecule has 0 atom stereocenters. The van der Waals surface area contributed by atoms with E-state index in [1.54, 1.807) is 24.3 Å². The summed E-state index contributed by atoms with van der Waals surface area (Å²) >= 11 is 0. The van der Waals surface area contributed by atoms with Gasteiger partial charge in [-0.25, -0.2) is 19.3 Å². The van der Waals surface area contributed by atoms with Crippen molar-refractivity contribution in [2.75, 3.05) is 13.1 Å². The first kappa shape index (κ1) is 28.5. The normalized spacial score (nSPS) is 13.8. The van der Waals surface area contributed by atoms with Crippen LogP contribution < -0.4 is 0 Å². The number of carbonyl (C=O) groups is 2. The molecule has 9 heteroatoms. The summed E-state index contributed by atoms with van der Waals surface area (Å²) in [6, 6.07) is 19.5. The van der Waals surface area contributed by atoms with Crippen molar-refractivity contribution >= 4 is 33.9 Å². The molecule has 1 saturated heterocycles. The molecule has 3 aromatic carbocycles. The summed E-state index contributed by atoms with van der Waals surface area (Å²) in [6.45, 7) is 6.74. The first-order chi connectivity index (χ1) is 20.6. The number of hydrogen-bond donors (Lipinski definition) is 1. The van der Waals surface area contributed by atoms with Crippen molar-refractivity contribution < 1.29 is 18.7 Å². The molecular weight excluding hydrogens is 545 g/mol. The third-order valence-corrected chi connectivity index (χ3v) is 7.53. The van der Waals surface area contributed by atoms with Crippen LogP contribution in [0.5, 0.6) is 0 Å². The second kappa shape index (κ2) is 11.6. The van der Waals surface area contributed by atoms with Gasteiger partial charge in [0.2, 0.25) is 0 Å². The Hall–Kier alpha value is -4.66. The summed E-state index contributed by atoms with van der Waals surface area (Å²) in [5.41, 5.74) is 5.39. The molecule has 1 fully saturated rings. The molecule has 1 aliphatic heterocycles. The van der Waals surface area contributed by atoms with Gasteiger partial charge in [-0.3, -0.25) is 9.59 Å². The van der Waals surface area contributed by atoms with E-state index in [1.165, 1.54) is 12.1 Å². The molecule has 220 valence electrons. The molecule has 1 aliphatic rings. The molecule has 0 spiro atoms. The fourth-order valence-electron chi connectivity index (χ4n) is 5.36. The SMILES string of the molecule is CC(C)(C)OC(=O)CCCCc1nc2cc(C(=O)N3CC(c4nc5ccccc5[nH]4)C3)ccc2nc1-c1ccc(F)cc1. The van der Waals surface area contributed by atoms with Crippen molar-refractivity contribution in [3.05, 3.63) is 89.6 Å². The zero-order valence-electron chi connectivity index (χ0n) is 24.6. The summed E-state index contributed by atoms with van der Waals surface area (Å²) < 4.78 is 19.1. The lowest BCUT2D eigenvalue weighted by molar-refractivity contribution is -0.154. The Bertz CT molecular complexity index is 1770. The van der Waals surface area contributed by atoms with Crippen molar-refractivity contribution in [1.29, 1.82) is 0 Å². The van der Waals surface area contributed by atoms with Gasteiger partial charge in [-0.15, -0.1) is 0 Å². The van der Waals surface area contributed by atoms with E-state index in [9.17, 15) is 14.0 Å². The number of ether oxygens (including phenoxy) is 1. The lowest BCUT2D eigenvalue weighted by atomic mass is 9.98. The summed E-state index contributed by atoms with van der Waals surface area (Å²) in [5.74, 6) is 0.458. The summed E-state index contributed by atoms with van der Waals surface area (Å²) in [7, 11) is 0. The number of rotatable bonds is 8. The van der Waals surface area contributed by atoms with Crippen molar-refractivity contribution in [3.63, 3.8) is 0 Å². The van der Waals surface area contributed by atoms with Gasteiger partial charge in [0.05, 0.1) is 39.4 Å². The van der Waals surface area contributed by atoms with Crippen LogP contribution in [0, 0.1) is 5.82 Å². The van der Waals surface area contributed by atoms with Gasteiger partial charge in [-0.2, -0.15) is 0 Å². The van der Waals surface area contributed by atoms with Crippen LogP contribution in [-0.4, -0.2) is 55.4 Å². The number of aromatic amines is 1. The zero-order valence-corrected chi connectivity index (χ0v) is 24.6. The molecule has 3 heterocycles. The van der Waals surface area contributed by atoms with E-state index in [1.807, 2.05) is 56.0 Å². The average Bonchev–Trinajstić information content (AvgIpc) is 3.37. The topological polar surface area (TPSA) is 101 Å². The number of amides is 1. The number of esters is 1. The van der Waals surface area contributed by atoms with Gasteiger partial charge in [0.25, 0.3) is 5.91 Å². The molecule has 0 saturated carbocycles. The van der Waals surface area contributed by atoms with Crippen LogP contribution >= 0.6 is 0 Å². The van der Waals surface area contributed by atoms with Gasteiger partial charge in [-0.1, -0.05) is 12.1 Å². The number of imidazole rings is 1. The minimum atomic E-state index is -0.518. The molecule has 0 radical (unpaired) electrons. The molecule has 43 heavy (non-hydrogen) atoms. The molecule has 8 nitrogen and oxygen atoms in total. The third-order valence-electron chi connectivity index (χ3n) is 7.53. The summed E-state index contributed by atoms with van der Waals surface area (Å²) in [5, 5.41) is 0. The van der Waals surface area contributed by atoms with Crippen LogP contribution in [0.3, 0.4) is 0 Å². The van der Waals surface area contributed by atoms with E-state index in [0.717, 1.165) is 28.1 Å². The van der Waals surface area contributed by atoms with E-state index < -0.39 is 5.60 Å². The average molecular weight is 580 g/mol. The van der Waals surface area contributed by atoms with Crippen LogP contribution in [-0.2, 0) is 16.0 Å². The predicted octanol–water partition coefficient (Wildman–Crippen LogP) is 6.61. The van der Waals surface area contributed by atoms with Crippen molar-refractivity contribution in [2.45, 2.75) is 58.0 Å². The van der Waals surface area contributed by atoms with Gasteiger partial charge in [0, 0.05) is 30.6 Å². The maximum Gasteiger partial charge on any atom is 0.306 e. The van der Waals surface area contributed by atoms with Gasteiger partial charge in [0.15, 0.2) is 0 Å². The number of nitrogens with one attached hydrogen (secondary N) is 1. The van der Waals surface area contributed by atoms with Gasteiger partial charge >= 0.3 is 5.97 Å². The number of para-hydroxylation sites is 2. The fourth-order valence-corrected chi connectivity index (χ4v) is 5.36. The number of unbranched alkanes of at least 4 members (excludes halogenated alkanes) is 1. The zero-order chi connectivity index (χ0) is 30.1. The number of H-pyrrole nitrogens is 1. The largest absolute Gasteiger partial charge is 0.460 e. The molecule has 0 aliphatic carbocycles. The second-order valence-corrected chi connectivity index (χ2v) is 12.1. The van der Waals surface area contributed by atoms with Gasteiger partial charge in [0.1, 0.15) is 17.2 Å². The number of hydrogen-bond acceptors (Lipinski definition) is 6. The van der Waals surface area contributed by atoms with Crippen LogP contribution in [0.1, 0.15) is 67.8 Å². The Morgan fingerprint density at radius 3 is 2.44 bits per heavy atom. The number of aromatic nitrogens is 4. The number of benzene rings is 3. The number of nitrogens with zero attached hydrogens (tertiary/aromatic N) is 4. The monoisotopic (exact) mass is 579 g/mol. The van der Waals surface area contributed by atoms with E-state index in [4.69, 9.17) is 14.7 Å². The lowest BCUT2D eigenvalue weighted by Crippen LogP contribution is -2.48. The molecular formula is C34H34FN5O3. The Morgan fingerprint density at radius 1 is 0.930 bits per heavy atom. The highest BCUT2D eigenvalue weighted by Gasteiger charge is 2.34. The number of likely N-dealkylation sites (tertiary alicyclic amines) is 1. The molecule has 0 bridgehead atoms. The number of halogens is 1. The predicted molar refractivity (Wildman–Crippen MR) is 163 cm³/mol. The van der Waals surface area contributed by atoms with Crippen molar-refractivity contribution in [3.8, 4) is 11.3 Å². The third kappa shape index (κ3) is 6.40. The van der Waals surface area contributed by atoms with E-state index >= 15 is 0 Å². The quantitative estimate of drug-likeness (QED) is 0.164. The maximum atomic E-state index is 13.7. The molecule has 6 rings (SSSR count). The second-order valence-electron chi connectivity index (χ2n) is 12.1. The Balaban J connectivity index is 1.19. The number of carbonyl (C=O) groups excluding carboxylic acids is 2. The minimum Gasteiger partial charge on any atom is -0.460 e. The molecule has 0 unspecified atom stereocenters. The van der Waals surface area contributed by atoms with Crippen LogP contribution in [0.25, 0.3) is 33.3 Å². The standard InChI is InChI=1S/C34H34FN5O3/c1-34(2,3)43-30(41)11-7-6-10-28-31(21-12-15-24(35)16-13-21)37-27-17-14-22(18-29(27)36-28)33(42)40-19-23(20-40)32-38-25-8-4-5-9-26(25)39-32/h4-5,8-9,12-18,23H,6-7,10-11,19-20H2,1-3H3,(H,38,39). The lowest BCUT2D eigenvalue weighted by Gasteiger charge is -2.38. The summed E-state index contributed by atoms with van der Waals surface area (Å²) in [6.07, 6.45) is 2.22. The Morgan fingerprint density at radius 2 is 1.70 bits per heavy atom.